The van der Waals surface area contributed by atoms with Crippen molar-refractivity contribution in [3.05, 3.63) is 23.4 Å². The van der Waals surface area contributed by atoms with E-state index in [1.54, 1.807) is 11.3 Å². The fraction of sp³-hybridized carbons (Fsp3) is 0.400. The Morgan fingerprint density at radius 3 is 2.75 bits per heavy atom. The van der Waals surface area contributed by atoms with Crippen molar-refractivity contribution in [2.24, 2.45) is 5.73 Å². The van der Waals surface area contributed by atoms with Gasteiger partial charge in [0.1, 0.15) is 0 Å². The topological polar surface area (TPSA) is 64.9 Å². The maximum absolute atomic E-state index is 5.77. The number of thiophene rings is 1. The highest BCUT2D eigenvalue weighted by molar-refractivity contribution is 7.13. The Hall–Kier alpha value is -0.910. The van der Waals surface area contributed by atoms with E-state index in [1.165, 1.54) is 0 Å². The highest BCUT2D eigenvalue weighted by atomic mass is 35.5. The summed E-state index contributed by atoms with van der Waals surface area (Å²) in [5.41, 5.74) is 5.77. The molecule has 2 unspecified atom stereocenters. The van der Waals surface area contributed by atoms with E-state index in [-0.39, 0.29) is 24.4 Å². The van der Waals surface area contributed by atoms with Crippen molar-refractivity contribution in [1.29, 1.82) is 0 Å². The van der Waals surface area contributed by atoms with Crippen molar-refractivity contribution in [1.82, 2.24) is 10.1 Å². The Morgan fingerprint density at radius 1 is 1.44 bits per heavy atom. The first-order valence-corrected chi connectivity index (χ1v) is 5.69. The third kappa shape index (κ3) is 2.61. The lowest BCUT2D eigenvalue weighted by atomic mass is 10.1. The molecule has 2 N–H and O–H groups in total. The normalized spacial score (nSPS) is 14.2. The number of rotatable bonds is 3. The Balaban J connectivity index is 0.00000128. The van der Waals surface area contributed by atoms with E-state index in [0.717, 1.165) is 4.88 Å². The second kappa shape index (κ2) is 5.43. The predicted molar refractivity (Wildman–Crippen MR) is 66.9 cm³/mol. The van der Waals surface area contributed by atoms with Crippen LogP contribution < -0.4 is 5.73 Å². The number of hydrogen-bond donors (Lipinski definition) is 1. The number of nitrogens with zero attached hydrogens (tertiary/aromatic N) is 2. The Labute approximate surface area is 104 Å². The molecule has 4 nitrogen and oxygen atoms in total. The van der Waals surface area contributed by atoms with Crippen LogP contribution >= 0.6 is 23.7 Å². The molecule has 2 aromatic heterocycles. The maximum Gasteiger partial charge on any atom is 0.231 e. The van der Waals surface area contributed by atoms with Crippen molar-refractivity contribution in [3.8, 4) is 10.7 Å². The van der Waals surface area contributed by atoms with Crippen LogP contribution in [0.25, 0.3) is 10.7 Å². The van der Waals surface area contributed by atoms with Gasteiger partial charge in [-0.3, -0.25) is 0 Å². The van der Waals surface area contributed by atoms with Gasteiger partial charge in [0, 0.05) is 6.04 Å². The van der Waals surface area contributed by atoms with Crippen LogP contribution in [0.15, 0.2) is 22.0 Å². The van der Waals surface area contributed by atoms with Gasteiger partial charge in [-0.2, -0.15) is 4.98 Å². The maximum atomic E-state index is 5.77. The summed E-state index contributed by atoms with van der Waals surface area (Å²) < 4.78 is 5.18. The average molecular weight is 260 g/mol. The van der Waals surface area contributed by atoms with Gasteiger partial charge in [0.2, 0.25) is 11.7 Å². The van der Waals surface area contributed by atoms with Crippen molar-refractivity contribution in [3.63, 3.8) is 0 Å². The molecule has 2 heterocycles. The van der Waals surface area contributed by atoms with Crippen LogP contribution in [-0.4, -0.2) is 16.2 Å². The highest BCUT2D eigenvalue weighted by Gasteiger charge is 2.18. The third-order valence-corrected chi connectivity index (χ3v) is 3.23. The first-order valence-electron chi connectivity index (χ1n) is 4.81. The Bertz CT molecular complexity index is 427. The molecule has 0 amide bonds. The van der Waals surface area contributed by atoms with E-state index in [2.05, 4.69) is 10.1 Å². The van der Waals surface area contributed by atoms with Gasteiger partial charge in [-0.1, -0.05) is 18.1 Å². The zero-order valence-electron chi connectivity index (χ0n) is 9.08. The molecule has 0 aliphatic heterocycles. The van der Waals surface area contributed by atoms with Crippen LogP contribution in [0, 0.1) is 0 Å². The zero-order valence-corrected chi connectivity index (χ0v) is 10.7. The zero-order chi connectivity index (χ0) is 10.8. The van der Waals surface area contributed by atoms with E-state index in [1.807, 2.05) is 31.4 Å². The lowest BCUT2D eigenvalue weighted by molar-refractivity contribution is 0.347. The molecule has 0 aromatic carbocycles. The van der Waals surface area contributed by atoms with Gasteiger partial charge in [-0.25, -0.2) is 0 Å². The van der Waals surface area contributed by atoms with Crippen molar-refractivity contribution < 1.29 is 4.52 Å². The summed E-state index contributed by atoms with van der Waals surface area (Å²) in [7, 11) is 0. The standard InChI is InChI=1S/C10H13N3OS.ClH/c1-6(7(2)11)10-12-9(13-14-10)8-4-3-5-15-8;/h3-7H,11H2,1-2H3;1H. The minimum atomic E-state index is 0. The molecule has 0 aliphatic carbocycles. The van der Waals surface area contributed by atoms with Crippen LogP contribution in [0.2, 0.25) is 0 Å². The average Bonchev–Trinajstić information content (AvgIpc) is 2.86. The van der Waals surface area contributed by atoms with E-state index in [0.29, 0.717) is 11.7 Å². The Kier molecular flexibility index (Phi) is 4.46. The van der Waals surface area contributed by atoms with Crippen molar-refractivity contribution in [2.75, 3.05) is 0 Å². The van der Waals surface area contributed by atoms with Gasteiger partial charge in [-0.15, -0.1) is 23.7 Å². The second-order valence-corrected chi connectivity index (χ2v) is 4.53. The van der Waals surface area contributed by atoms with E-state index < -0.39 is 0 Å². The van der Waals surface area contributed by atoms with E-state index >= 15 is 0 Å². The van der Waals surface area contributed by atoms with Crippen molar-refractivity contribution in [2.45, 2.75) is 25.8 Å². The van der Waals surface area contributed by atoms with Crippen LogP contribution in [0.4, 0.5) is 0 Å². The quantitative estimate of drug-likeness (QED) is 0.920. The summed E-state index contributed by atoms with van der Waals surface area (Å²) in [4.78, 5) is 5.34. The van der Waals surface area contributed by atoms with Crippen LogP contribution in [0.5, 0.6) is 0 Å². The van der Waals surface area contributed by atoms with E-state index in [9.17, 15) is 0 Å². The minimum Gasteiger partial charge on any atom is -0.339 e. The number of halogens is 1. The molecule has 0 saturated carbocycles. The molecule has 2 atom stereocenters. The summed E-state index contributed by atoms with van der Waals surface area (Å²) >= 11 is 1.59. The molecule has 0 saturated heterocycles. The fourth-order valence-electron chi connectivity index (χ4n) is 1.15. The highest BCUT2D eigenvalue weighted by Crippen LogP contribution is 2.24. The molecule has 16 heavy (non-hydrogen) atoms. The van der Waals surface area contributed by atoms with Crippen molar-refractivity contribution >= 4 is 23.7 Å². The largest absolute Gasteiger partial charge is 0.339 e. The summed E-state index contributed by atoms with van der Waals surface area (Å²) in [5.74, 6) is 1.34. The molecule has 6 heteroatoms. The molecular weight excluding hydrogens is 246 g/mol. The number of nitrogens with two attached hydrogens (primary N) is 1. The van der Waals surface area contributed by atoms with Gasteiger partial charge in [-0.05, 0) is 18.4 Å². The molecule has 0 aliphatic rings. The monoisotopic (exact) mass is 259 g/mol. The third-order valence-electron chi connectivity index (χ3n) is 2.36. The van der Waals surface area contributed by atoms with Crippen LogP contribution in [0.3, 0.4) is 0 Å². The molecule has 88 valence electrons. The second-order valence-electron chi connectivity index (χ2n) is 3.58. The molecule has 0 radical (unpaired) electrons. The lowest BCUT2D eigenvalue weighted by Gasteiger charge is -2.09. The van der Waals surface area contributed by atoms with Gasteiger partial charge < -0.3 is 10.3 Å². The van der Waals surface area contributed by atoms with Gasteiger partial charge in [0.25, 0.3) is 0 Å². The van der Waals surface area contributed by atoms with Crippen LogP contribution in [0.1, 0.15) is 25.7 Å². The van der Waals surface area contributed by atoms with Gasteiger partial charge in [0.05, 0.1) is 10.8 Å². The Morgan fingerprint density at radius 2 is 2.19 bits per heavy atom. The molecule has 2 rings (SSSR count). The number of aromatic nitrogens is 2. The molecule has 0 bridgehead atoms. The van der Waals surface area contributed by atoms with Crippen LogP contribution in [-0.2, 0) is 0 Å². The lowest BCUT2D eigenvalue weighted by Crippen LogP contribution is -2.22. The first kappa shape index (κ1) is 13.2. The summed E-state index contributed by atoms with van der Waals surface area (Å²) in [5, 5.41) is 5.92. The molecule has 0 fully saturated rings. The first-order chi connectivity index (χ1) is 7.18. The smallest absolute Gasteiger partial charge is 0.231 e. The SMILES string of the molecule is CC(N)C(C)c1nc(-c2cccs2)no1.Cl. The number of hydrogen-bond acceptors (Lipinski definition) is 5. The summed E-state index contributed by atoms with van der Waals surface area (Å²) in [6.45, 7) is 3.91. The molecule has 2 aromatic rings. The summed E-state index contributed by atoms with van der Waals surface area (Å²) in [6, 6.07) is 3.95. The predicted octanol–water partition coefficient (Wildman–Crippen LogP) is 2.67. The minimum absolute atomic E-state index is 0. The summed E-state index contributed by atoms with van der Waals surface area (Å²) in [6.07, 6.45) is 0. The van der Waals surface area contributed by atoms with E-state index in [4.69, 9.17) is 10.3 Å². The fourth-order valence-corrected chi connectivity index (χ4v) is 1.80. The molecule has 0 spiro atoms. The van der Waals surface area contributed by atoms with Gasteiger partial charge in [0.15, 0.2) is 0 Å². The molecular formula is C10H14ClN3OS. The van der Waals surface area contributed by atoms with Gasteiger partial charge >= 0.3 is 0 Å².